The summed E-state index contributed by atoms with van der Waals surface area (Å²) in [6.07, 6.45) is -2.33. The molecule has 0 spiro atoms. The quantitative estimate of drug-likeness (QED) is 0.371. The summed E-state index contributed by atoms with van der Waals surface area (Å²) in [5, 5.41) is 16.7. The van der Waals surface area contributed by atoms with E-state index in [0.717, 1.165) is 0 Å². The number of rotatable bonds is 0. The number of hydrogen-bond donors (Lipinski definition) is 2. The van der Waals surface area contributed by atoms with E-state index in [1.807, 2.05) is 0 Å². The average molecular weight is 203 g/mol. The van der Waals surface area contributed by atoms with Gasteiger partial charge >= 0.3 is 46.1 Å². The van der Waals surface area contributed by atoms with Crippen molar-refractivity contribution in [2.75, 3.05) is 0 Å². The van der Waals surface area contributed by atoms with E-state index in [9.17, 15) is 0 Å². The van der Waals surface area contributed by atoms with Crippen LogP contribution in [0.25, 0.3) is 0 Å². The second-order valence-electron chi connectivity index (χ2n) is 0.798. The van der Waals surface area contributed by atoms with Crippen molar-refractivity contribution in [2.45, 2.75) is 0 Å². The maximum absolute atomic E-state index is 8.80. The summed E-state index contributed by atoms with van der Waals surface area (Å²) in [5.74, 6) is 0. The zero-order valence-corrected chi connectivity index (χ0v) is 9.18. The fraction of sp³-hybridized carbons (Fsp3) is 0. The van der Waals surface area contributed by atoms with Crippen LogP contribution in [0.4, 0.5) is 4.79 Å². The van der Waals surface area contributed by atoms with Crippen molar-refractivity contribution >= 4 is 61.3 Å². The van der Waals surface area contributed by atoms with Crippen molar-refractivity contribution in [3.05, 3.63) is 0 Å². The largest absolute Gasteiger partial charge is 2.00 e. The normalized spacial score (nSPS) is 7.64. The molecule has 0 heterocycles. The molecule has 0 bridgehead atoms. The molecule has 56 valence electrons. The van der Waals surface area contributed by atoms with Gasteiger partial charge in [-0.15, -0.1) is 0 Å². The van der Waals surface area contributed by atoms with Gasteiger partial charge in [0.05, 0.1) is 0 Å². The van der Waals surface area contributed by atoms with Crippen LogP contribution in [0.5, 0.6) is 0 Å². The van der Waals surface area contributed by atoms with Crippen LogP contribution in [-0.4, -0.2) is 70.9 Å². The van der Waals surface area contributed by atoms with Crippen LogP contribution in [-0.2, 0) is 0 Å². The van der Waals surface area contributed by atoms with E-state index in [1.165, 1.54) is 0 Å². The second kappa shape index (κ2) is 10.9. The summed E-state index contributed by atoms with van der Waals surface area (Å²) < 4.78 is 0. The molecular weight excluding hydrogens is 201 g/mol. The first kappa shape index (κ1) is 22.6. The molecule has 0 aliphatic rings. The van der Waals surface area contributed by atoms with Crippen LogP contribution in [0, 0.1) is 0 Å². The zero-order chi connectivity index (χ0) is 8.08. The Hall–Kier alpha value is 0.859. The molecule has 10 heteroatoms. The van der Waals surface area contributed by atoms with Gasteiger partial charge in [-0.25, -0.2) is 0 Å². The molecular formula is CH2Mg2O7Si. The van der Waals surface area contributed by atoms with Gasteiger partial charge < -0.3 is 34.2 Å². The maximum atomic E-state index is 8.80. The first-order valence-corrected chi connectivity index (χ1v) is 3.18. The third kappa shape index (κ3) is 1150. The van der Waals surface area contributed by atoms with Crippen LogP contribution in [0.1, 0.15) is 0 Å². The minimum Gasteiger partial charge on any atom is -0.828 e. The summed E-state index contributed by atoms with van der Waals surface area (Å²) in [6.45, 7) is 0. The Balaban J connectivity index is -0.0000000383. The third-order valence-corrected chi connectivity index (χ3v) is 0. The summed E-state index contributed by atoms with van der Waals surface area (Å²) in [6, 6.07) is 0. The van der Waals surface area contributed by atoms with Gasteiger partial charge in [0.15, 0.2) is 0 Å². The topological polar surface area (TPSA) is 150 Å². The zero-order valence-electron chi connectivity index (χ0n) is 5.35. The van der Waals surface area contributed by atoms with E-state index in [-0.39, 0.29) is 46.1 Å². The number of carboxylic acid groups (broad SMARTS) is 2. The average Bonchev–Trinajstić information content (AvgIpc) is 1.19. The second-order valence-corrected chi connectivity index (χ2v) is 1.90. The molecule has 0 aliphatic heterocycles. The van der Waals surface area contributed by atoms with Gasteiger partial charge in [0.2, 0.25) is 0 Å². The van der Waals surface area contributed by atoms with Gasteiger partial charge in [-0.05, 0) is 6.16 Å². The molecule has 0 radical (unpaired) electrons. The van der Waals surface area contributed by atoms with Crippen molar-refractivity contribution in [2.24, 2.45) is 0 Å². The smallest absolute Gasteiger partial charge is 0.828 e. The summed E-state index contributed by atoms with van der Waals surface area (Å²) >= 11 is 0. The Kier molecular flexibility index (Phi) is 22.4. The molecule has 0 unspecified atom stereocenters. The molecule has 0 aromatic heterocycles. The molecule has 0 fully saturated rings. The monoisotopic (exact) mass is 202 g/mol. The Morgan fingerprint density at radius 2 is 1.09 bits per heavy atom. The van der Waals surface area contributed by atoms with E-state index < -0.39 is 15.2 Å². The van der Waals surface area contributed by atoms with Crippen molar-refractivity contribution in [1.29, 1.82) is 0 Å². The standard InChI is InChI=1S/CH2O3.2Mg.H2O4Si/c2-1(3)4;;;1-5(2,3)4/h(H2,2,3,4);;;1-2H/q;2*+2;-2/p-2. The van der Waals surface area contributed by atoms with Gasteiger partial charge in [0.25, 0.3) is 0 Å². The molecule has 7 nitrogen and oxygen atoms in total. The van der Waals surface area contributed by atoms with E-state index in [1.54, 1.807) is 0 Å². The fourth-order valence-corrected chi connectivity index (χ4v) is 0. The molecule has 11 heavy (non-hydrogen) atoms. The Morgan fingerprint density at radius 3 is 1.09 bits per heavy atom. The van der Waals surface area contributed by atoms with Gasteiger partial charge in [0, 0.05) is 0 Å². The van der Waals surface area contributed by atoms with Crippen molar-refractivity contribution in [3.63, 3.8) is 0 Å². The molecule has 0 rings (SSSR count). The number of carbonyl (C=O) groups excluding carboxylic acids is 1. The minimum atomic E-state index is -5.11. The molecule has 0 aromatic rings. The Bertz CT molecular complexity index is 78.9. The number of hydrogen-bond acceptors (Lipinski definition) is 7. The Labute approximate surface area is 95.1 Å². The Morgan fingerprint density at radius 1 is 1.09 bits per heavy atom. The first-order chi connectivity index (χ1) is 3.73. The fourth-order valence-electron chi connectivity index (χ4n) is 0. The summed E-state index contributed by atoms with van der Waals surface area (Å²) in [7, 11) is -5.11. The molecule has 0 atom stereocenters. The van der Waals surface area contributed by atoms with Crippen molar-refractivity contribution in [1.82, 2.24) is 0 Å². The van der Waals surface area contributed by atoms with E-state index in [4.69, 9.17) is 34.2 Å². The van der Waals surface area contributed by atoms with Crippen LogP contribution in [0.2, 0.25) is 0 Å². The van der Waals surface area contributed by atoms with Gasteiger partial charge in [-0.3, -0.25) is 0 Å². The molecule has 0 saturated heterocycles. The van der Waals surface area contributed by atoms with Crippen molar-refractivity contribution in [3.8, 4) is 0 Å². The maximum Gasteiger partial charge on any atom is 2.00 e. The van der Waals surface area contributed by atoms with Gasteiger partial charge in [-0.2, -0.15) is 0 Å². The van der Waals surface area contributed by atoms with Crippen molar-refractivity contribution < 1.29 is 34.2 Å². The predicted molar refractivity (Wildman–Crippen MR) is 27.1 cm³/mol. The van der Waals surface area contributed by atoms with Gasteiger partial charge in [-0.1, -0.05) is 0 Å². The third-order valence-electron chi connectivity index (χ3n) is 0. The van der Waals surface area contributed by atoms with Crippen LogP contribution in [0.15, 0.2) is 0 Å². The molecule has 0 amide bonds. The van der Waals surface area contributed by atoms with E-state index in [0.29, 0.717) is 0 Å². The number of carbonyl (C=O) groups is 1. The van der Waals surface area contributed by atoms with E-state index >= 15 is 0 Å². The summed E-state index contributed by atoms with van der Waals surface area (Å²) in [5.41, 5.74) is 0. The molecule has 0 saturated carbocycles. The first-order valence-electron chi connectivity index (χ1n) is 1.47. The SMILES string of the molecule is O=C([O-])[O-].[Mg+2].[Mg+2].[O-][Si]([O-])(O)O. The van der Waals surface area contributed by atoms with Gasteiger partial charge in [0.1, 0.15) is 9.05 Å². The van der Waals surface area contributed by atoms with Crippen LogP contribution < -0.4 is 19.8 Å². The van der Waals surface area contributed by atoms with E-state index in [2.05, 4.69) is 0 Å². The summed E-state index contributed by atoms with van der Waals surface area (Å²) in [4.78, 5) is 40.1. The minimum absolute atomic E-state index is 0. The predicted octanol–water partition coefficient (Wildman–Crippen LogP) is -7.08. The van der Waals surface area contributed by atoms with Crippen LogP contribution in [0.3, 0.4) is 0 Å². The molecule has 0 aromatic carbocycles. The van der Waals surface area contributed by atoms with Crippen LogP contribution >= 0.6 is 0 Å². The molecule has 2 N–H and O–H groups in total. The molecule has 0 aliphatic carbocycles.